The minimum atomic E-state index is 1.17. The first-order valence-electron chi connectivity index (χ1n) is 5.88. The Morgan fingerprint density at radius 1 is 1.00 bits per heavy atom. The lowest BCUT2D eigenvalue weighted by Gasteiger charge is -2.05. The molecular formula is C14H15NS2. The highest BCUT2D eigenvalue weighted by Gasteiger charge is 2.12. The summed E-state index contributed by atoms with van der Waals surface area (Å²) in [4.78, 5) is 7.50. The molecule has 0 amide bonds. The molecule has 3 rings (SSSR count). The number of thiophene rings is 1. The van der Waals surface area contributed by atoms with Crippen LogP contribution in [0, 0.1) is 6.92 Å². The van der Waals surface area contributed by atoms with Gasteiger partial charge in [0.15, 0.2) is 0 Å². The Balaban J connectivity index is 2.27. The Kier molecular flexibility index (Phi) is 2.68. The fourth-order valence-corrected chi connectivity index (χ4v) is 4.25. The highest BCUT2D eigenvalue weighted by Crippen LogP contribution is 2.28. The average Bonchev–Trinajstić information content (AvgIpc) is 2.90. The maximum Gasteiger partial charge on any atom is 0.134 e. The second-order valence-electron chi connectivity index (χ2n) is 4.67. The maximum atomic E-state index is 4.84. The Labute approximate surface area is 109 Å². The van der Waals surface area contributed by atoms with Crippen molar-refractivity contribution in [3.8, 4) is 9.88 Å². The van der Waals surface area contributed by atoms with E-state index in [0.717, 1.165) is 0 Å². The quantitative estimate of drug-likeness (QED) is 0.767. The molecule has 2 heterocycles. The fraction of sp³-hybridized carbons (Fsp3) is 0.357. The van der Waals surface area contributed by atoms with Gasteiger partial charge in [-0.15, -0.1) is 22.7 Å². The van der Waals surface area contributed by atoms with E-state index in [4.69, 9.17) is 4.98 Å². The number of aryl methyl sites for hydroxylation is 1. The van der Waals surface area contributed by atoms with Crippen LogP contribution in [0.25, 0.3) is 21.0 Å². The van der Waals surface area contributed by atoms with Crippen LogP contribution in [0.5, 0.6) is 0 Å². The number of rotatable bonds is 1. The van der Waals surface area contributed by atoms with Crippen molar-refractivity contribution in [3.63, 3.8) is 0 Å². The van der Waals surface area contributed by atoms with Gasteiger partial charge in [-0.1, -0.05) is 5.57 Å². The summed E-state index contributed by atoms with van der Waals surface area (Å²) in [6, 6.07) is 4.36. The number of fused-ring (bicyclic) bond motifs is 1. The number of hydrogen-bond acceptors (Lipinski definition) is 3. The van der Waals surface area contributed by atoms with Crippen molar-refractivity contribution in [1.29, 1.82) is 0 Å². The lowest BCUT2D eigenvalue weighted by atomic mass is 10.0. The highest BCUT2D eigenvalue weighted by molar-refractivity contribution is 7.21. The van der Waals surface area contributed by atoms with Gasteiger partial charge in [0.1, 0.15) is 5.01 Å². The molecule has 1 aliphatic carbocycles. The van der Waals surface area contributed by atoms with Gasteiger partial charge in [0.2, 0.25) is 0 Å². The zero-order chi connectivity index (χ0) is 12.0. The van der Waals surface area contributed by atoms with Gasteiger partial charge in [0, 0.05) is 4.88 Å². The first kappa shape index (κ1) is 11.2. The van der Waals surface area contributed by atoms with Gasteiger partial charge in [-0.2, -0.15) is 0 Å². The fourth-order valence-electron chi connectivity index (χ4n) is 2.16. The van der Waals surface area contributed by atoms with Gasteiger partial charge < -0.3 is 0 Å². The molecular weight excluding hydrogens is 246 g/mol. The molecule has 0 fully saturated rings. The van der Waals surface area contributed by atoms with E-state index in [1.165, 1.54) is 48.6 Å². The molecule has 88 valence electrons. The Bertz CT molecular complexity index is 649. The second-order valence-corrected chi connectivity index (χ2v) is 6.95. The van der Waals surface area contributed by atoms with E-state index in [9.17, 15) is 0 Å². The molecule has 0 saturated heterocycles. The van der Waals surface area contributed by atoms with Gasteiger partial charge in [-0.3, -0.25) is 0 Å². The molecule has 0 unspecified atom stereocenters. The molecule has 1 nitrogen and oxygen atoms in total. The molecule has 0 aliphatic heterocycles. The SMILES string of the molecule is CC1=c2nc(-c3ccc(C)s3)sc2=C(C)CC1. The van der Waals surface area contributed by atoms with Crippen LogP contribution in [0.2, 0.25) is 0 Å². The minimum absolute atomic E-state index is 1.17. The van der Waals surface area contributed by atoms with Crippen molar-refractivity contribution in [2.75, 3.05) is 0 Å². The molecule has 0 radical (unpaired) electrons. The van der Waals surface area contributed by atoms with E-state index in [2.05, 4.69) is 32.9 Å². The van der Waals surface area contributed by atoms with E-state index in [-0.39, 0.29) is 0 Å². The lowest BCUT2D eigenvalue weighted by Crippen LogP contribution is -2.28. The average molecular weight is 261 g/mol. The van der Waals surface area contributed by atoms with Gasteiger partial charge in [0.05, 0.1) is 14.8 Å². The van der Waals surface area contributed by atoms with Crippen molar-refractivity contribution in [2.24, 2.45) is 0 Å². The monoisotopic (exact) mass is 261 g/mol. The Morgan fingerprint density at radius 3 is 2.41 bits per heavy atom. The summed E-state index contributed by atoms with van der Waals surface area (Å²) in [5, 5.41) is 2.44. The van der Waals surface area contributed by atoms with Crippen LogP contribution in [-0.2, 0) is 0 Å². The molecule has 3 heteroatoms. The summed E-state index contributed by atoms with van der Waals surface area (Å²) in [6.45, 7) is 6.61. The summed E-state index contributed by atoms with van der Waals surface area (Å²) in [5.74, 6) is 0. The molecule has 2 aromatic rings. The topological polar surface area (TPSA) is 12.9 Å². The summed E-state index contributed by atoms with van der Waals surface area (Å²) >= 11 is 3.69. The first-order chi connectivity index (χ1) is 8.15. The molecule has 0 N–H and O–H groups in total. The third-order valence-electron chi connectivity index (χ3n) is 3.25. The minimum Gasteiger partial charge on any atom is -0.235 e. The third-order valence-corrected chi connectivity index (χ3v) is 5.63. The normalized spacial score (nSPS) is 15.2. The Hall–Kier alpha value is -0.930. The van der Waals surface area contributed by atoms with E-state index in [0.29, 0.717) is 0 Å². The lowest BCUT2D eigenvalue weighted by molar-refractivity contribution is 1.01. The summed E-state index contributed by atoms with van der Waals surface area (Å²) in [5.41, 5.74) is 2.95. The molecule has 0 atom stereocenters. The van der Waals surface area contributed by atoms with Crippen LogP contribution in [0.4, 0.5) is 0 Å². The molecule has 1 aliphatic rings. The number of nitrogens with zero attached hydrogens (tertiary/aromatic N) is 1. The van der Waals surface area contributed by atoms with Crippen molar-refractivity contribution >= 4 is 33.8 Å². The van der Waals surface area contributed by atoms with E-state index in [1.807, 2.05) is 22.7 Å². The van der Waals surface area contributed by atoms with Gasteiger partial charge in [-0.05, 0) is 51.3 Å². The van der Waals surface area contributed by atoms with Crippen LogP contribution < -0.4 is 9.88 Å². The highest BCUT2D eigenvalue weighted by atomic mass is 32.1. The standard InChI is InChI=1S/C14H15NS2/c1-8-4-5-9(2)13-12(8)15-14(17-13)11-7-6-10(3)16-11/h6-7H,4-5H2,1-3H3. The van der Waals surface area contributed by atoms with E-state index < -0.39 is 0 Å². The van der Waals surface area contributed by atoms with Crippen LogP contribution in [0.15, 0.2) is 12.1 Å². The van der Waals surface area contributed by atoms with Crippen LogP contribution in [0.1, 0.15) is 31.6 Å². The third kappa shape index (κ3) is 1.87. The van der Waals surface area contributed by atoms with Gasteiger partial charge in [-0.25, -0.2) is 4.98 Å². The summed E-state index contributed by atoms with van der Waals surface area (Å²) in [6.07, 6.45) is 2.37. The number of thiazole rings is 1. The Morgan fingerprint density at radius 2 is 1.76 bits per heavy atom. The largest absolute Gasteiger partial charge is 0.235 e. The molecule has 0 saturated carbocycles. The predicted molar refractivity (Wildman–Crippen MR) is 76.8 cm³/mol. The maximum absolute atomic E-state index is 4.84. The van der Waals surface area contributed by atoms with Crippen LogP contribution in [0.3, 0.4) is 0 Å². The van der Waals surface area contributed by atoms with E-state index >= 15 is 0 Å². The molecule has 0 bridgehead atoms. The van der Waals surface area contributed by atoms with Crippen molar-refractivity contribution in [1.82, 2.24) is 4.98 Å². The number of hydrogen-bond donors (Lipinski definition) is 0. The van der Waals surface area contributed by atoms with E-state index in [1.54, 1.807) is 0 Å². The molecule has 0 spiro atoms. The molecule has 0 aromatic carbocycles. The zero-order valence-electron chi connectivity index (χ0n) is 10.3. The second kappa shape index (κ2) is 4.07. The van der Waals surface area contributed by atoms with Crippen LogP contribution >= 0.6 is 22.7 Å². The zero-order valence-corrected chi connectivity index (χ0v) is 12.0. The summed E-state index contributed by atoms with van der Waals surface area (Å²) < 4.78 is 1.41. The summed E-state index contributed by atoms with van der Waals surface area (Å²) in [7, 11) is 0. The number of aromatic nitrogens is 1. The van der Waals surface area contributed by atoms with Crippen LogP contribution in [-0.4, -0.2) is 4.98 Å². The smallest absolute Gasteiger partial charge is 0.134 e. The van der Waals surface area contributed by atoms with Crippen molar-refractivity contribution < 1.29 is 0 Å². The molecule has 2 aromatic heterocycles. The first-order valence-corrected chi connectivity index (χ1v) is 7.51. The van der Waals surface area contributed by atoms with Crippen molar-refractivity contribution in [3.05, 3.63) is 26.9 Å². The molecule has 17 heavy (non-hydrogen) atoms. The van der Waals surface area contributed by atoms with Gasteiger partial charge >= 0.3 is 0 Å². The van der Waals surface area contributed by atoms with Gasteiger partial charge in [0.25, 0.3) is 0 Å². The van der Waals surface area contributed by atoms with Crippen molar-refractivity contribution in [2.45, 2.75) is 33.6 Å². The predicted octanol–water partition coefficient (Wildman–Crippen LogP) is 3.32.